The highest BCUT2D eigenvalue weighted by atomic mass is 16.5. The summed E-state index contributed by atoms with van der Waals surface area (Å²) >= 11 is 0. The minimum atomic E-state index is 0.925. The molecule has 0 N–H and O–H groups in total. The number of hydrogen-bond acceptors (Lipinski definition) is 2. The smallest absolute Gasteiger partial charge is 0.0594 e. The molecule has 1 saturated heterocycles. The minimum Gasteiger partial charge on any atom is -0.379 e. The van der Waals surface area contributed by atoms with Crippen LogP contribution in [-0.2, 0) is 4.74 Å². The van der Waals surface area contributed by atoms with Crippen LogP contribution in [0.4, 0.5) is 0 Å². The van der Waals surface area contributed by atoms with E-state index in [2.05, 4.69) is 11.8 Å². The van der Waals surface area contributed by atoms with Crippen LogP contribution in [0.1, 0.15) is 26.2 Å². The van der Waals surface area contributed by atoms with Crippen LogP contribution in [0.25, 0.3) is 0 Å². The van der Waals surface area contributed by atoms with E-state index in [9.17, 15) is 0 Å². The lowest BCUT2D eigenvalue weighted by Crippen LogP contribution is -2.38. The van der Waals surface area contributed by atoms with Gasteiger partial charge < -0.3 is 4.74 Å². The van der Waals surface area contributed by atoms with Crippen LogP contribution in [-0.4, -0.2) is 37.2 Å². The molecule has 2 rings (SSSR count). The fourth-order valence-electron chi connectivity index (χ4n) is 2.27. The molecule has 2 nitrogen and oxygen atoms in total. The van der Waals surface area contributed by atoms with Crippen molar-refractivity contribution in [3.8, 4) is 0 Å². The summed E-state index contributed by atoms with van der Waals surface area (Å²) in [6, 6.07) is 0.925. The summed E-state index contributed by atoms with van der Waals surface area (Å²) < 4.78 is 5.33. The Hall–Kier alpha value is -0.0800. The van der Waals surface area contributed by atoms with Gasteiger partial charge in [-0.25, -0.2) is 0 Å². The summed E-state index contributed by atoms with van der Waals surface area (Å²) in [6.45, 7) is 6.54. The van der Waals surface area contributed by atoms with Gasteiger partial charge >= 0.3 is 0 Å². The molecule has 0 aromatic rings. The zero-order valence-corrected chi connectivity index (χ0v) is 7.96. The van der Waals surface area contributed by atoms with Crippen LogP contribution >= 0.6 is 0 Å². The Morgan fingerprint density at radius 1 is 1.33 bits per heavy atom. The van der Waals surface area contributed by atoms with Gasteiger partial charge in [-0.2, -0.15) is 0 Å². The van der Waals surface area contributed by atoms with Crippen LogP contribution < -0.4 is 0 Å². The topological polar surface area (TPSA) is 12.5 Å². The minimum absolute atomic E-state index is 0.925. The van der Waals surface area contributed by atoms with E-state index in [1.165, 1.54) is 32.4 Å². The molecule has 0 amide bonds. The molecule has 0 aromatic carbocycles. The van der Waals surface area contributed by atoms with Gasteiger partial charge in [-0.1, -0.05) is 13.3 Å². The molecule has 70 valence electrons. The van der Waals surface area contributed by atoms with Crippen LogP contribution in [0.5, 0.6) is 0 Å². The third kappa shape index (κ3) is 1.80. The molecule has 0 radical (unpaired) electrons. The zero-order valence-electron chi connectivity index (χ0n) is 7.96. The molecule has 1 saturated carbocycles. The second-order valence-corrected chi connectivity index (χ2v) is 4.00. The molecule has 2 fully saturated rings. The highest BCUT2D eigenvalue weighted by molar-refractivity contribution is 4.95. The van der Waals surface area contributed by atoms with Crippen LogP contribution in [0, 0.1) is 5.92 Å². The molecule has 12 heavy (non-hydrogen) atoms. The van der Waals surface area contributed by atoms with Gasteiger partial charge in [-0.15, -0.1) is 0 Å². The lowest BCUT2D eigenvalue weighted by molar-refractivity contribution is 0.0314. The predicted molar refractivity (Wildman–Crippen MR) is 49.2 cm³/mol. The quantitative estimate of drug-likeness (QED) is 0.635. The van der Waals surface area contributed by atoms with Crippen molar-refractivity contribution >= 4 is 0 Å². The fourth-order valence-corrected chi connectivity index (χ4v) is 2.27. The number of hydrogen-bond donors (Lipinski definition) is 0. The first-order valence-corrected chi connectivity index (χ1v) is 5.23. The van der Waals surface area contributed by atoms with Crippen molar-refractivity contribution in [3.63, 3.8) is 0 Å². The van der Waals surface area contributed by atoms with Crippen molar-refractivity contribution < 1.29 is 4.74 Å². The van der Waals surface area contributed by atoms with E-state index in [1.54, 1.807) is 0 Å². The maximum absolute atomic E-state index is 5.33. The number of rotatable bonds is 3. The molecule has 1 aliphatic carbocycles. The van der Waals surface area contributed by atoms with Gasteiger partial charge in [0.2, 0.25) is 0 Å². The average molecular weight is 169 g/mol. The summed E-state index contributed by atoms with van der Waals surface area (Å²) in [5, 5.41) is 0. The Morgan fingerprint density at radius 3 is 2.75 bits per heavy atom. The van der Waals surface area contributed by atoms with Crippen LogP contribution in [0.3, 0.4) is 0 Å². The Balaban J connectivity index is 1.72. The predicted octanol–water partition coefficient (Wildman–Crippen LogP) is 1.51. The molecule has 2 unspecified atom stereocenters. The summed E-state index contributed by atoms with van der Waals surface area (Å²) in [6.07, 6.45) is 4.24. The van der Waals surface area contributed by atoms with Crippen molar-refractivity contribution in [2.45, 2.75) is 32.2 Å². The molecule has 0 spiro atoms. The lowest BCUT2D eigenvalue weighted by atomic mass is 10.2. The average Bonchev–Trinajstić information content (AvgIpc) is 2.87. The summed E-state index contributed by atoms with van der Waals surface area (Å²) in [7, 11) is 0. The molecule has 1 aliphatic heterocycles. The third-order valence-corrected chi connectivity index (χ3v) is 3.06. The highest BCUT2D eigenvalue weighted by Crippen LogP contribution is 2.39. The molecule has 2 atom stereocenters. The van der Waals surface area contributed by atoms with Crippen molar-refractivity contribution in [3.05, 3.63) is 0 Å². The van der Waals surface area contributed by atoms with Gasteiger partial charge in [-0.05, 0) is 18.8 Å². The molecule has 2 heteroatoms. The summed E-state index contributed by atoms with van der Waals surface area (Å²) in [4.78, 5) is 2.61. The van der Waals surface area contributed by atoms with E-state index in [0.29, 0.717) is 0 Å². The Labute approximate surface area is 74.9 Å². The van der Waals surface area contributed by atoms with Crippen molar-refractivity contribution in [2.75, 3.05) is 26.3 Å². The zero-order chi connectivity index (χ0) is 8.39. The summed E-state index contributed by atoms with van der Waals surface area (Å²) in [5.41, 5.74) is 0. The lowest BCUT2D eigenvalue weighted by Gasteiger charge is -2.26. The van der Waals surface area contributed by atoms with E-state index in [-0.39, 0.29) is 0 Å². The number of ether oxygens (including phenoxy) is 1. The van der Waals surface area contributed by atoms with E-state index < -0.39 is 0 Å². The van der Waals surface area contributed by atoms with E-state index in [4.69, 9.17) is 4.74 Å². The second kappa shape index (κ2) is 3.75. The van der Waals surface area contributed by atoms with E-state index in [0.717, 1.165) is 25.2 Å². The monoisotopic (exact) mass is 169 g/mol. The van der Waals surface area contributed by atoms with Gasteiger partial charge in [0, 0.05) is 19.1 Å². The molecule has 0 bridgehead atoms. The fraction of sp³-hybridized carbons (Fsp3) is 1.00. The van der Waals surface area contributed by atoms with Gasteiger partial charge in [0.15, 0.2) is 0 Å². The van der Waals surface area contributed by atoms with Crippen molar-refractivity contribution in [2.24, 2.45) is 5.92 Å². The molecule has 1 heterocycles. The van der Waals surface area contributed by atoms with Gasteiger partial charge in [-0.3, -0.25) is 4.90 Å². The largest absolute Gasteiger partial charge is 0.379 e. The van der Waals surface area contributed by atoms with E-state index >= 15 is 0 Å². The number of nitrogens with zero attached hydrogens (tertiary/aromatic N) is 1. The van der Waals surface area contributed by atoms with Gasteiger partial charge in [0.05, 0.1) is 13.2 Å². The SMILES string of the molecule is CCCC1CC1N1CCOCC1. The standard InChI is InChI=1S/C10H19NO/c1-2-3-9-8-10(9)11-4-6-12-7-5-11/h9-10H,2-8H2,1H3. The molecule has 2 aliphatic rings. The molecular weight excluding hydrogens is 150 g/mol. The maximum Gasteiger partial charge on any atom is 0.0594 e. The highest BCUT2D eigenvalue weighted by Gasteiger charge is 2.40. The van der Waals surface area contributed by atoms with Crippen molar-refractivity contribution in [1.82, 2.24) is 4.90 Å². The summed E-state index contributed by atoms with van der Waals surface area (Å²) in [5.74, 6) is 1.02. The number of morpholine rings is 1. The maximum atomic E-state index is 5.33. The van der Waals surface area contributed by atoms with Crippen molar-refractivity contribution in [1.29, 1.82) is 0 Å². The van der Waals surface area contributed by atoms with Crippen LogP contribution in [0.2, 0.25) is 0 Å². The van der Waals surface area contributed by atoms with Gasteiger partial charge in [0.25, 0.3) is 0 Å². The second-order valence-electron chi connectivity index (χ2n) is 4.00. The molecular formula is C10H19NO. The Bertz CT molecular complexity index is 143. The third-order valence-electron chi connectivity index (χ3n) is 3.06. The van der Waals surface area contributed by atoms with Crippen LogP contribution in [0.15, 0.2) is 0 Å². The normalized spacial score (nSPS) is 36.8. The first kappa shape index (κ1) is 8.52. The first-order valence-electron chi connectivity index (χ1n) is 5.23. The van der Waals surface area contributed by atoms with Gasteiger partial charge in [0.1, 0.15) is 0 Å². The first-order chi connectivity index (χ1) is 5.92. The van der Waals surface area contributed by atoms with E-state index in [1.807, 2.05) is 0 Å². The Kier molecular flexibility index (Phi) is 2.66. The Morgan fingerprint density at radius 2 is 2.08 bits per heavy atom. The molecule has 0 aromatic heterocycles.